The van der Waals surface area contributed by atoms with Crippen LogP contribution in [0.25, 0.3) is 5.65 Å². The fraction of sp³-hybridized carbons (Fsp3) is 0.333. The van der Waals surface area contributed by atoms with Gasteiger partial charge in [-0.05, 0) is 22.4 Å². The summed E-state index contributed by atoms with van der Waals surface area (Å²) in [7, 11) is -3.37. The van der Waals surface area contributed by atoms with Crippen molar-refractivity contribution in [3.8, 4) is 0 Å². The van der Waals surface area contributed by atoms with Gasteiger partial charge in [-0.2, -0.15) is 0 Å². The number of aryl methyl sites for hydroxylation is 1. The van der Waals surface area contributed by atoms with Gasteiger partial charge in [0.15, 0.2) is 20.5 Å². The Labute approximate surface area is 102 Å². The average molecular weight is 304 g/mol. The van der Waals surface area contributed by atoms with E-state index in [9.17, 15) is 8.42 Å². The van der Waals surface area contributed by atoms with Crippen molar-refractivity contribution in [2.24, 2.45) is 0 Å². The van der Waals surface area contributed by atoms with Crippen LogP contribution >= 0.6 is 15.9 Å². The first-order chi connectivity index (χ1) is 7.43. The molecule has 2 aromatic rings. The maximum absolute atomic E-state index is 11.6. The van der Waals surface area contributed by atoms with Crippen molar-refractivity contribution in [1.29, 1.82) is 0 Å². The van der Waals surface area contributed by atoms with Gasteiger partial charge in [-0.15, -0.1) is 0 Å². The number of nitrogens with zero attached hydrogens (tertiary/aromatic N) is 3. The third kappa shape index (κ3) is 1.84. The van der Waals surface area contributed by atoms with Crippen LogP contribution in [0.4, 0.5) is 0 Å². The minimum atomic E-state index is -3.37. The Kier molecular flexibility index (Phi) is 2.75. The Hall–Kier alpha value is -0.950. The second-order valence-electron chi connectivity index (χ2n) is 3.44. The van der Waals surface area contributed by atoms with Crippen LogP contribution in [0.1, 0.15) is 12.6 Å². The molecule has 0 aromatic carbocycles. The zero-order valence-corrected chi connectivity index (χ0v) is 11.2. The highest BCUT2D eigenvalue weighted by atomic mass is 79.9. The SMILES string of the molecule is CCc1cnc2c(S(C)(=O)=O)nc(Br)cn12. The van der Waals surface area contributed by atoms with Gasteiger partial charge in [0.1, 0.15) is 4.60 Å². The molecular formula is C9H10BrN3O2S. The molecule has 0 amide bonds. The molecule has 0 bridgehead atoms. The highest BCUT2D eigenvalue weighted by molar-refractivity contribution is 9.10. The second kappa shape index (κ2) is 3.81. The normalized spacial score (nSPS) is 12.2. The topological polar surface area (TPSA) is 64.3 Å². The number of aromatic nitrogens is 3. The summed E-state index contributed by atoms with van der Waals surface area (Å²) < 4.78 is 25.3. The number of hydrogen-bond donors (Lipinski definition) is 0. The maximum Gasteiger partial charge on any atom is 0.199 e. The molecule has 0 fully saturated rings. The van der Waals surface area contributed by atoms with Crippen molar-refractivity contribution >= 4 is 31.4 Å². The number of rotatable bonds is 2. The zero-order chi connectivity index (χ0) is 11.9. The number of halogens is 1. The molecule has 0 radical (unpaired) electrons. The molecule has 0 atom stereocenters. The van der Waals surface area contributed by atoms with Gasteiger partial charge in [0, 0.05) is 24.3 Å². The van der Waals surface area contributed by atoms with Crippen LogP contribution in [0.5, 0.6) is 0 Å². The summed E-state index contributed by atoms with van der Waals surface area (Å²) in [5, 5.41) is 0.00146. The van der Waals surface area contributed by atoms with Crippen molar-refractivity contribution < 1.29 is 8.42 Å². The molecule has 2 heterocycles. The smallest absolute Gasteiger partial charge is 0.199 e. The van der Waals surface area contributed by atoms with Crippen LogP contribution in [-0.4, -0.2) is 29.0 Å². The highest BCUT2D eigenvalue weighted by Gasteiger charge is 2.18. The lowest BCUT2D eigenvalue weighted by Crippen LogP contribution is -2.05. The number of fused-ring (bicyclic) bond motifs is 1. The molecule has 2 aromatic heterocycles. The summed E-state index contributed by atoms with van der Waals surface area (Å²) >= 11 is 3.20. The lowest BCUT2D eigenvalue weighted by atomic mass is 10.4. The Morgan fingerprint density at radius 2 is 2.19 bits per heavy atom. The van der Waals surface area contributed by atoms with Gasteiger partial charge in [-0.1, -0.05) is 6.92 Å². The van der Waals surface area contributed by atoms with Crippen molar-refractivity contribution in [3.63, 3.8) is 0 Å². The van der Waals surface area contributed by atoms with E-state index in [1.807, 2.05) is 6.92 Å². The molecule has 2 rings (SSSR count). The molecule has 0 saturated heterocycles. The van der Waals surface area contributed by atoms with E-state index in [1.54, 1.807) is 16.8 Å². The number of hydrogen-bond acceptors (Lipinski definition) is 4. The fourth-order valence-corrected chi connectivity index (χ4v) is 2.74. The quantitative estimate of drug-likeness (QED) is 0.842. The van der Waals surface area contributed by atoms with Crippen LogP contribution in [0.2, 0.25) is 0 Å². The van der Waals surface area contributed by atoms with Gasteiger partial charge in [-0.25, -0.2) is 18.4 Å². The highest BCUT2D eigenvalue weighted by Crippen LogP contribution is 2.19. The first-order valence-electron chi connectivity index (χ1n) is 4.66. The number of sulfone groups is 1. The Morgan fingerprint density at radius 3 is 2.75 bits per heavy atom. The Bertz CT molecular complexity index is 648. The molecular weight excluding hydrogens is 294 g/mol. The molecule has 0 N–H and O–H groups in total. The van der Waals surface area contributed by atoms with E-state index in [4.69, 9.17) is 0 Å². The van der Waals surface area contributed by atoms with E-state index in [2.05, 4.69) is 25.9 Å². The van der Waals surface area contributed by atoms with E-state index >= 15 is 0 Å². The third-order valence-electron chi connectivity index (χ3n) is 2.22. The van der Waals surface area contributed by atoms with Gasteiger partial charge in [0.2, 0.25) is 0 Å². The minimum Gasteiger partial charge on any atom is -0.299 e. The maximum atomic E-state index is 11.6. The molecule has 16 heavy (non-hydrogen) atoms. The van der Waals surface area contributed by atoms with Crippen molar-refractivity contribution in [2.45, 2.75) is 18.4 Å². The van der Waals surface area contributed by atoms with E-state index in [0.717, 1.165) is 18.4 Å². The van der Waals surface area contributed by atoms with Crippen molar-refractivity contribution in [3.05, 3.63) is 22.7 Å². The Balaban J connectivity index is 2.90. The zero-order valence-electron chi connectivity index (χ0n) is 8.81. The van der Waals surface area contributed by atoms with Gasteiger partial charge < -0.3 is 0 Å². The van der Waals surface area contributed by atoms with Crippen molar-refractivity contribution in [2.75, 3.05) is 6.26 Å². The standard InChI is InChI=1S/C9H10BrN3O2S/c1-3-6-4-11-8-9(16(2,14)15)12-7(10)5-13(6)8/h4-5H,3H2,1-2H3. The molecule has 0 spiro atoms. The lowest BCUT2D eigenvalue weighted by molar-refractivity contribution is 0.598. The molecule has 0 aliphatic carbocycles. The molecule has 86 valence electrons. The number of imidazole rings is 1. The summed E-state index contributed by atoms with van der Waals surface area (Å²) in [6, 6.07) is 0. The molecule has 0 aliphatic rings. The molecule has 7 heteroatoms. The minimum absolute atomic E-state index is 0.00146. The van der Waals surface area contributed by atoms with E-state index in [1.165, 1.54) is 0 Å². The van der Waals surface area contributed by atoms with Crippen LogP contribution < -0.4 is 0 Å². The van der Waals surface area contributed by atoms with Gasteiger partial charge in [0.05, 0.1) is 0 Å². The van der Waals surface area contributed by atoms with Gasteiger partial charge in [0.25, 0.3) is 0 Å². The van der Waals surface area contributed by atoms with E-state index in [0.29, 0.717) is 10.3 Å². The summed E-state index contributed by atoms with van der Waals surface area (Å²) in [6.45, 7) is 1.98. The third-order valence-corrected chi connectivity index (χ3v) is 3.58. The summed E-state index contributed by atoms with van der Waals surface area (Å²) in [6.07, 6.45) is 5.29. The van der Waals surface area contributed by atoms with Crippen LogP contribution in [0.15, 0.2) is 22.0 Å². The molecule has 0 saturated carbocycles. The van der Waals surface area contributed by atoms with Crippen LogP contribution in [0, 0.1) is 0 Å². The van der Waals surface area contributed by atoms with Crippen LogP contribution in [0.3, 0.4) is 0 Å². The molecule has 0 aliphatic heterocycles. The fourth-order valence-electron chi connectivity index (χ4n) is 1.49. The predicted molar refractivity (Wildman–Crippen MR) is 63.2 cm³/mol. The first-order valence-corrected chi connectivity index (χ1v) is 7.34. The van der Waals surface area contributed by atoms with Gasteiger partial charge >= 0.3 is 0 Å². The summed E-state index contributed by atoms with van der Waals surface area (Å²) in [5.74, 6) is 0. The monoisotopic (exact) mass is 303 g/mol. The largest absolute Gasteiger partial charge is 0.299 e. The lowest BCUT2D eigenvalue weighted by Gasteiger charge is -2.03. The van der Waals surface area contributed by atoms with Crippen LogP contribution in [-0.2, 0) is 16.3 Å². The van der Waals surface area contributed by atoms with E-state index < -0.39 is 9.84 Å². The molecule has 0 unspecified atom stereocenters. The average Bonchev–Trinajstić information content (AvgIpc) is 2.57. The van der Waals surface area contributed by atoms with Crippen molar-refractivity contribution in [1.82, 2.24) is 14.4 Å². The summed E-state index contributed by atoms with van der Waals surface area (Å²) in [4.78, 5) is 8.06. The molecule has 5 nitrogen and oxygen atoms in total. The summed E-state index contributed by atoms with van der Waals surface area (Å²) in [5.41, 5.74) is 1.32. The second-order valence-corrected chi connectivity index (χ2v) is 6.18. The predicted octanol–water partition coefficient (Wildman–Crippen LogP) is 1.46. The van der Waals surface area contributed by atoms with E-state index in [-0.39, 0.29) is 5.03 Å². The first kappa shape index (κ1) is 11.5. The Morgan fingerprint density at radius 1 is 1.50 bits per heavy atom. The van der Waals surface area contributed by atoms with Gasteiger partial charge in [-0.3, -0.25) is 4.40 Å².